The summed E-state index contributed by atoms with van der Waals surface area (Å²) >= 11 is 1.47. The van der Waals surface area contributed by atoms with E-state index in [-0.39, 0.29) is 16.9 Å². The number of nitro groups is 1. The summed E-state index contributed by atoms with van der Waals surface area (Å²) < 4.78 is 0. The molecule has 2 rings (SSSR count). The van der Waals surface area contributed by atoms with Gasteiger partial charge in [0.25, 0.3) is 11.6 Å². The number of nitrogens with two attached hydrogens (primary N) is 1. The van der Waals surface area contributed by atoms with Gasteiger partial charge in [-0.05, 0) is 17.5 Å². The van der Waals surface area contributed by atoms with Crippen molar-refractivity contribution in [3.63, 3.8) is 0 Å². The standard InChI is InChI=1S/C12H10N4O3S/c13-11-4-3-8(16(18)19)6-10(11)12(17)15-14-7-9-2-1-5-20-9/h1-7H,13H2,(H,15,17). The van der Waals surface area contributed by atoms with Gasteiger partial charge in [-0.15, -0.1) is 11.3 Å². The zero-order valence-electron chi connectivity index (χ0n) is 10.1. The predicted octanol–water partition coefficient (Wildman–Crippen LogP) is 2.00. The number of rotatable bonds is 4. The Kier molecular flexibility index (Phi) is 4.06. The SMILES string of the molecule is Nc1ccc([N+](=O)[O-])cc1C(=O)NN=Cc1cccs1. The van der Waals surface area contributed by atoms with Gasteiger partial charge in [-0.2, -0.15) is 5.10 Å². The molecule has 0 unspecified atom stereocenters. The highest BCUT2D eigenvalue weighted by atomic mass is 32.1. The average Bonchev–Trinajstić information content (AvgIpc) is 2.92. The summed E-state index contributed by atoms with van der Waals surface area (Å²) in [5, 5.41) is 16.3. The molecule has 0 aliphatic carbocycles. The molecule has 0 aliphatic heterocycles. The number of carbonyl (C=O) groups is 1. The number of nitrogens with zero attached hydrogens (tertiary/aromatic N) is 2. The minimum atomic E-state index is -0.598. The van der Waals surface area contributed by atoms with Crippen LogP contribution < -0.4 is 11.2 Å². The Morgan fingerprint density at radius 3 is 2.90 bits per heavy atom. The van der Waals surface area contributed by atoms with Gasteiger partial charge in [0.05, 0.1) is 16.7 Å². The Morgan fingerprint density at radius 1 is 1.45 bits per heavy atom. The van der Waals surface area contributed by atoms with Crippen LogP contribution in [0.15, 0.2) is 40.8 Å². The van der Waals surface area contributed by atoms with Crippen LogP contribution >= 0.6 is 11.3 Å². The van der Waals surface area contributed by atoms with Crippen molar-refractivity contribution in [2.24, 2.45) is 5.10 Å². The molecule has 0 fully saturated rings. The van der Waals surface area contributed by atoms with Crippen LogP contribution in [0.3, 0.4) is 0 Å². The fraction of sp³-hybridized carbons (Fsp3) is 0. The Bertz CT molecular complexity index is 667. The van der Waals surface area contributed by atoms with E-state index < -0.39 is 10.8 Å². The van der Waals surface area contributed by atoms with E-state index in [9.17, 15) is 14.9 Å². The van der Waals surface area contributed by atoms with Crippen LogP contribution in [0.2, 0.25) is 0 Å². The quantitative estimate of drug-likeness (QED) is 0.388. The molecule has 0 aliphatic rings. The molecule has 1 aromatic heterocycles. The van der Waals surface area contributed by atoms with Crippen LogP contribution in [-0.2, 0) is 0 Å². The normalized spacial score (nSPS) is 10.6. The maximum absolute atomic E-state index is 11.8. The molecule has 0 spiro atoms. The van der Waals surface area contributed by atoms with Crippen molar-refractivity contribution in [2.75, 3.05) is 5.73 Å². The number of nitrogen functional groups attached to an aromatic ring is 1. The predicted molar refractivity (Wildman–Crippen MR) is 76.9 cm³/mol. The number of hydrogen-bond donors (Lipinski definition) is 2. The molecule has 2 aromatic rings. The zero-order chi connectivity index (χ0) is 14.5. The van der Waals surface area contributed by atoms with Gasteiger partial charge < -0.3 is 5.73 Å². The third kappa shape index (κ3) is 3.18. The van der Waals surface area contributed by atoms with Gasteiger partial charge in [0.15, 0.2) is 0 Å². The molecule has 1 amide bonds. The van der Waals surface area contributed by atoms with Gasteiger partial charge in [-0.25, -0.2) is 5.43 Å². The van der Waals surface area contributed by atoms with Crippen molar-refractivity contribution in [2.45, 2.75) is 0 Å². The van der Waals surface area contributed by atoms with Crippen LogP contribution in [0.25, 0.3) is 0 Å². The van der Waals surface area contributed by atoms with E-state index in [2.05, 4.69) is 10.5 Å². The lowest BCUT2D eigenvalue weighted by atomic mass is 10.1. The maximum atomic E-state index is 11.8. The lowest BCUT2D eigenvalue weighted by Gasteiger charge is -2.03. The van der Waals surface area contributed by atoms with E-state index >= 15 is 0 Å². The molecule has 0 bridgehead atoms. The van der Waals surface area contributed by atoms with Gasteiger partial charge in [0.2, 0.25) is 0 Å². The minimum Gasteiger partial charge on any atom is -0.398 e. The lowest BCUT2D eigenvalue weighted by molar-refractivity contribution is -0.384. The number of hydrogen-bond acceptors (Lipinski definition) is 6. The van der Waals surface area contributed by atoms with Gasteiger partial charge in [-0.3, -0.25) is 14.9 Å². The van der Waals surface area contributed by atoms with Crippen LogP contribution in [-0.4, -0.2) is 17.0 Å². The molecule has 1 heterocycles. The van der Waals surface area contributed by atoms with Crippen molar-refractivity contribution < 1.29 is 9.72 Å². The Hall–Kier alpha value is -2.74. The first-order chi connectivity index (χ1) is 9.58. The number of hydrazone groups is 1. The topological polar surface area (TPSA) is 111 Å². The molecule has 7 nitrogen and oxygen atoms in total. The van der Waals surface area contributed by atoms with E-state index in [1.54, 1.807) is 0 Å². The molecule has 0 saturated heterocycles. The highest BCUT2D eigenvalue weighted by Gasteiger charge is 2.14. The first-order valence-electron chi connectivity index (χ1n) is 5.49. The number of nitro benzene ring substituents is 1. The smallest absolute Gasteiger partial charge is 0.273 e. The number of thiophene rings is 1. The van der Waals surface area contributed by atoms with Gasteiger partial charge >= 0.3 is 0 Å². The molecule has 8 heteroatoms. The molecular formula is C12H10N4O3S. The van der Waals surface area contributed by atoms with Crippen molar-refractivity contribution in [3.8, 4) is 0 Å². The van der Waals surface area contributed by atoms with E-state index in [0.29, 0.717) is 0 Å². The summed E-state index contributed by atoms with van der Waals surface area (Å²) in [4.78, 5) is 22.8. The third-order valence-electron chi connectivity index (χ3n) is 2.39. The molecule has 102 valence electrons. The van der Waals surface area contributed by atoms with Crippen molar-refractivity contribution >= 4 is 34.8 Å². The number of benzene rings is 1. The summed E-state index contributed by atoms with van der Waals surface area (Å²) in [6.45, 7) is 0. The monoisotopic (exact) mass is 290 g/mol. The fourth-order valence-corrected chi connectivity index (χ4v) is 2.02. The largest absolute Gasteiger partial charge is 0.398 e. The molecule has 3 N–H and O–H groups in total. The molecule has 0 atom stereocenters. The number of carbonyl (C=O) groups excluding carboxylic acids is 1. The summed E-state index contributed by atoms with van der Waals surface area (Å²) in [5.74, 6) is -0.598. The number of amides is 1. The van der Waals surface area contributed by atoms with Crippen molar-refractivity contribution in [1.29, 1.82) is 0 Å². The minimum absolute atomic E-state index is 0.0162. The van der Waals surface area contributed by atoms with Gasteiger partial charge in [0.1, 0.15) is 0 Å². The highest BCUT2D eigenvalue weighted by Crippen LogP contribution is 2.19. The molecule has 0 saturated carbocycles. The molecular weight excluding hydrogens is 280 g/mol. The van der Waals surface area contributed by atoms with Gasteiger partial charge in [0, 0.05) is 22.7 Å². The Labute approximate surface area is 117 Å². The molecule has 20 heavy (non-hydrogen) atoms. The zero-order valence-corrected chi connectivity index (χ0v) is 11.0. The second kappa shape index (κ2) is 5.93. The molecule has 0 radical (unpaired) electrons. The highest BCUT2D eigenvalue weighted by molar-refractivity contribution is 7.11. The summed E-state index contributed by atoms with van der Waals surface area (Å²) in [6, 6.07) is 7.36. The summed E-state index contributed by atoms with van der Waals surface area (Å²) in [6.07, 6.45) is 1.48. The van der Waals surface area contributed by atoms with Crippen molar-refractivity contribution in [1.82, 2.24) is 5.43 Å². The maximum Gasteiger partial charge on any atom is 0.273 e. The van der Waals surface area contributed by atoms with Gasteiger partial charge in [-0.1, -0.05) is 6.07 Å². The number of anilines is 1. The average molecular weight is 290 g/mol. The van der Waals surface area contributed by atoms with E-state index in [0.717, 1.165) is 10.9 Å². The van der Waals surface area contributed by atoms with Crippen LogP contribution in [0.1, 0.15) is 15.2 Å². The summed E-state index contributed by atoms with van der Waals surface area (Å²) in [7, 11) is 0. The van der Waals surface area contributed by atoms with Crippen LogP contribution in [0.4, 0.5) is 11.4 Å². The first-order valence-corrected chi connectivity index (χ1v) is 6.36. The second-order valence-electron chi connectivity index (χ2n) is 3.74. The van der Waals surface area contributed by atoms with E-state index in [1.807, 2.05) is 17.5 Å². The number of non-ortho nitro benzene ring substituents is 1. The first kappa shape index (κ1) is 13.7. The van der Waals surface area contributed by atoms with E-state index in [1.165, 1.54) is 29.7 Å². The van der Waals surface area contributed by atoms with Crippen molar-refractivity contribution in [3.05, 3.63) is 56.3 Å². The lowest BCUT2D eigenvalue weighted by Crippen LogP contribution is -2.19. The van der Waals surface area contributed by atoms with Crippen LogP contribution in [0, 0.1) is 10.1 Å². The van der Waals surface area contributed by atoms with Crippen LogP contribution in [0.5, 0.6) is 0 Å². The molecule has 1 aromatic carbocycles. The second-order valence-corrected chi connectivity index (χ2v) is 4.72. The Morgan fingerprint density at radius 2 is 2.25 bits per heavy atom. The summed E-state index contributed by atoms with van der Waals surface area (Å²) in [5.41, 5.74) is 7.87. The Balaban J connectivity index is 2.12. The third-order valence-corrected chi connectivity index (χ3v) is 3.20. The number of nitrogens with one attached hydrogen (secondary N) is 1. The fourth-order valence-electron chi connectivity index (χ4n) is 1.43. The van der Waals surface area contributed by atoms with E-state index in [4.69, 9.17) is 5.73 Å².